The van der Waals surface area contributed by atoms with Crippen molar-refractivity contribution in [3.63, 3.8) is 0 Å². The molecule has 1 saturated heterocycles. The van der Waals surface area contributed by atoms with Gasteiger partial charge in [0, 0.05) is 10.0 Å². The number of nitrogens with zero attached hydrogens (tertiary/aromatic N) is 2. The van der Waals surface area contributed by atoms with Gasteiger partial charge in [-0.15, -0.1) is 0 Å². The molecule has 0 bridgehead atoms. The van der Waals surface area contributed by atoms with E-state index in [1.165, 1.54) is 12.1 Å². The maximum absolute atomic E-state index is 13.4. The van der Waals surface area contributed by atoms with Gasteiger partial charge in [-0.05, 0) is 30.3 Å². The van der Waals surface area contributed by atoms with Crippen molar-refractivity contribution >= 4 is 50.7 Å². The molecule has 2 aromatic carbocycles. The van der Waals surface area contributed by atoms with Crippen LogP contribution in [0.15, 0.2) is 52.1 Å². The fraction of sp³-hybridized carbons (Fsp3) is 0.118. The molecule has 126 valence electrons. The highest BCUT2D eigenvalue weighted by atomic mass is 79.9. The number of hydrogen-bond acceptors (Lipinski definition) is 4. The quantitative estimate of drug-likeness (QED) is 0.694. The Morgan fingerprint density at radius 3 is 2.52 bits per heavy atom. The molecule has 0 spiro atoms. The summed E-state index contributed by atoms with van der Waals surface area (Å²) in [6.07, 6.45) is -1.02. The lowest BCUT2D eigenvalue weighted by Crippen LogP contribution is -2.33. The summed E-state index contributed by atoms with van der Waals surface area (Å²) in [5, 5.41) is 3.76. The van der Waals surface area contributed by atoms with Crippen molar-refractivity contribution in [3.8, 4) is 0 Å². The minimum Gasteiger partial charge on any atom is -0.381 e. The number of imide groups is 1. The van der Waals surface area contributed by atoms with Gasteiger partial charge in [-0.3, -0.25) is 9.59 Å². The number of amides is 2. The standard InChI is InChI=1S/C17H9BrClFN2O3/c18-9-3-1-8(2-4-9)14-13-15(25-21-14)17(24)22(16(13)23)10-5-6-12(20)11(19)7-10/h1-7,13,15H/t13-,15+/m1/s1. The number of carbonyl (C=O) groups is 2. The number of halogens is 3. The number of fused-ring (bicyclic) bond motifs is 1. The van der Waals surface area contributed by atoms with Crippen LogP contribution in [0.2, 0.25) is 5.02 Å². The minimum atomic E-state index is -1.02. The third-order valence-electron chi connectivity index (χ3n) is 4.11. The largest absolute Gasteiger partial charge is 0.381 e. The fourth-order valence-corrected chi connectivity index (χ4v) is 3.35. The highest BCUT2D eigenvalue weighted by molar-refractivity contribution is 9.10. The second-order valence-corrected chi connectivity index (χ2v) is 6.92. The van der Waals surface area contributed by atoms with Gasteiger partial charge in [-0.1, -0.05) is 44.8 Å². The molecule has 0 aliphatic carbocycles. The Balaban J connectivity index is 1.70. The summed E-state index contributed by atoms with van der Waals surface area (Å²) in [6, 6.07) is 10.9. The van der Waals surface area contributed by atoms with Crippen molar-refractivity contribution < 1.29 is 18.8 Å². The Hall–Kier alpha value is -2.25. The number of oxime groups is 1. The van der Waals surface area contributed by atoms with Gasteiger partial charge in [0.05, 0.1) is 10.7 Å². The highest BCUT2D eigenvalue weighted by Crippen LogP contribution is 2.36. The molecule has 4 rings (SSSR count). The molecule has 5 nitrogen and oxygen atoms in total. The zero-order valence-corrected chi connectivity index (χ0v) is 14.8. The van der Waals surface area contributed by atoms with Crippen molar-refractivity contribution in [2.45, 2.75) is 6.10 Å². The third kappa shape index (κ3) is 2.54. The van der Waals surface area contributed by atoms with Crippen LogP contribution in [0.4, 0.5) is 10.1 Å². The lowest BCUT2D eigenvalue weighted by Gasteiger charge is -2.15. The molecule has 0 radical (unpaired) electrons. The second-order valence-electron chi connectivity index (χ2n) is 5.60. The fourth-order valence-electron chi connectivity index (χ4n) is 2.92. The number of anilines is 1. The summed E-state index contributed by atoms with van der Waals surface area (Å²) >= 11 is 9.11. The average molecular weight is 424 g/mol. The van der Waals surface area contributed by atoms with Crippen LogP contribution in [-0.2, 0) is 14.4 Å². The van der Waals surface area contributed by atoms with Gasteiger partial charge in [0.1, 0.15) is 17.4 Å². The van der Waals surface area contributed by atoms with E-state index in [-0.39, 0.29) is 10.7 Å². The molecule has 0 aromatic heterocycles. The molecule has 0 N–H and O–H groups in total. The zero-order chi connectivity index (χ0) is 17.7. The molecule has 25 heavy (non-hydrogen) atoms. The van der Waals surface area contributed by atoms with E-state index in [1.807, 2.05) is 12.1 Å². The maximum Gasteiger partial charge on any atom is 0.278 e. The second kappa shape index (κ2) is 5.93. The first-order valence-corrected chi connectivity index (χ1v) is 8.47. The van der Waals surface area contributed by atoms with Crippen LogP contribution >= 0.6 is 27.5 Å². The van der Waals surface area contributed by atoms with Gasteiger partial charge in [-0.2, -0.15) is 0 Å². The molecule has 2 aliphatic rings. The molecule has 2 amide bonds. The van der Waals surface area contributed by atoms with Gasteiger partial charge in [0.2, 0.25) is 12.0 Å². The topological polar surface area (TPSA) is 59.0 Å². The van der Waals surface area contributed by atoms with Crippen LogP contribution in [0.25, 0.3) is 0 Å². The minimum absolute atomic E-state index is 0.169. The lowest BCUT2D eigenvalue weighted by molar-refractivity contribution is -0.126. The Kier molecular flexibility index (Phi) is 3.85. The number of benzene rings is 2. The van der Waals surface area contributed by atoms with E-state index in [2.05, 4.69) is 21.1 Å². The number of carbonyl (C=O) groups excluding carboxylic acids is 2. The van der Waals surface area contributed by atoms with Crippen molar-refractivity contribution in [2.75, 3.05) is 4.90 Å². The first-order valence-electron chi connectivity index (χ1n) is 7.30. The van der Waals surface area contributed by atoms with E-state index in [0.717, 1.165) is 15.4 Å². The normalized spacial score (nSPS) is 22.0. The molecule has 8 heteroatoms. The summed E-state index contributed by atoms with van der Waals surface area (Å²) in [6.45, 7) is 0. The van der Waals surface area contributed by atoms with Gasteiger partial charge >= 0.3 is 0 Å². The van der Waals surface area contributed by atoms with Gasteiger partial charge in [0.25, 0.3) is 5.91 Å². The van der Waals surface area contributed by atoms with Crippen LogP contribution in [0, 0.1) is 11.7 Å². The Morgan fingerprint density at radius 2 is 1.84 bits per heavy atom. The smallest absolute Gasteiger partial charge is 0.278 e. The Morgan fingerprint density at radius 1 is 1.12 bits per heavy atom. The number of hydrogen-bond donors (Lipinski definition) is 0. The molecule has 2 heterocycles. The molecule has 2 atom stereocenters. The van der Waals surface area contributed by atoms with Gasteiger partial charge in [0.15, 0.2) is 0 Å². The molecular formula is C17H9BrClFN2O3. The van der Waals surface area contributed by atoms with Crippen molar-refractivity contribution in [1.82, 2.24) is 0 Å². The van der Waals surface area contributed by atoms with Crippen molar-refractivity contribution in [1.29, 1.82) is 0 Å². The third-order valence-corrected chi connectivity index (χ3v) is 4.93. The number of rotatable bonds is 2. The monoisotopic (exact) mass is 422 g/mol. The Labute approximate surface area is 155 Å². The summed E-state index contributed by atoms with van der Waals surface area (Å²) in [7, 11) is 0. The predicted octanol–water partition coefficient (Wildman–Crippen LogP) is 3.53. The first kappa shape index (κ1) is 16.2. The van der Waals surface area contributed by atoms with E-state index in [9.17, 15) is 14.0 Å². The maximum atomic E-state index is 13.4. The molecule has 0 unspecified atom stereocenters. The van der Waals surface area contributed by atoms with Crippen LogP contribution in [0.3, 0.4) is 0 Å². The molecule has 2 aromatic rings. The molecule has 2 aliphatic heterocycles. The summed E-state index contributed by atoms with van der Waals surface area (Å²) < 4.78 is 14.2. The Bertz CT molecular complexity index is 932. The SMILES string of the molecule is O=C1[C@@H]2C(c3ccc(Br)cc3)=NO[C@@H]2C(=O)N1c1ccc(F)c(Cl)c1. The van der Waals surface area contributed by atoms with Gasteiger partial charge < -0.3 is 4.84 Å². The zero-order valence-electron chi connectivity index (χ0n) is 12.4. The van der Waals surface area contributed by atoms with E-state index in [4.69, 9.17) is 16.4 Å². The first-order chi connectivity index (χ1) is 12.0. The van der Waals surface area contributed by atoms with E-state index >= 15 is 0 Å². The molecule has 0 saturated carbocycles. The van der Waals surface area contributed by atoms with Crippen LogP contribution in [0.1, 0.15) is 5.56 Å². The average Bonchev–Trinajstić information content (AvgIpc) is 3.12. The van der Waals surface area contributed by atoms with Crippen molar-refractivity contribution in [2.24, 2.45) is 11.1 Å². The van der Waals surface area contributed by atoms with Crippen LogP contribution in [-0.4, -0.2) is 23.6 Å². The van der Waals surface area contributed by atoms with E-state index in [1.54, 1.807) is 12.1 Å². The summed E-state index contributed by atoms with van der Waals surface area (Å²) in [4.78, 5) is 31.6. The molecule has 1 fully saturated rings. The predicted molar refractivity (Wildman–Crippen MR) is 92.9 cm³/mol. The van der Waals surface area contributed by atoms with E-state index < -0.39 is 29.7 Å². The van der Waals surface area contributed by atoms with Crippen molar-refractivity contribution in [3.05, 3.63) is 63.3 Å². The highest BCUT2D eigenvalue weighted by Gasteiger charge is 2.56. The summed E-state index contributed by atoms with van der Waals surface area (Å²) in [5.74, 6) is -2.49. The van der Waals surface area contributed by atoms with Crippen LogP contribution in [0.5, 0.6) is 0 Å². The summed E-state index contributed by atoms with van der Waals surface area (Å²) in [5.41, 5.74) is 1.29. The van der Waals surface area contributed by atoms with Gasteiger partial charge in [-0.25, -0.2) is 9.29 Å². The lowest BCUT2D eigenvalue weighted by atomic mass is 9.94. The molecular weight excluding hydrogens is 415 g/mol. The van der Waals surface area contributed by atoms with Crippen LogP contribution < -0.4 is 4.90 Å². The van der Waals surface area contributed by atoms with E-state index in [0.29, 0.717) is 11.3 Å².